The van der Waals surface area contributed by atoms with Crippen LogP contribution in [0.15, 0.2) is 18.2 Å². The molecule has 0 bridgehead atoms. The fourth-order valence-corrected chi connectivity index (χ4v) is 2.31. The minimum Gasteiger partial charge on any atom is -0.349 e. The Morgan fingerprint density at radius 2 is 2.06 bits per heavy atom. The molecule has 1 heterocycles. The van der Waals surface area contributed by atoms with Gasteiger partial charge in [-0.3, -0.25) is 0 Å². The van der Waals surface area contributed by atoms with Gasteiger partial charge in [0.25, 0.3) is 0 Å². The SMILES string of the molecule is Cc1ccc(Cl)cc1NC(=S)N1CCCC1. The minimum absolute atomic E-state index is 0.734. The van der Waals surface area contributed by atoms with Gasteiger partial charge in [0.2, 0.25) is 0 Å². The van der Waals surface area contributed by atoms with E-state index in [-0.39, 0.29) is 0 Å². The molecule has 0 radical (unpaired) electrons. The molecule has 16 heavy (non-hydrogen) atoms. The molecule has 1 saturated heterocycles. The number of aryl methyl sites for hydroxylation is 1. The van der Waals surface area contributed by atoms with Crippen molar-refractivity contribution < 1.29 is 0 Å². The molecule has 1 aromatic rings. The summed E-state index contributed by atoms with van der Waals surface area (Å²) in [6.07, 6.45) is 2.46. The van der Waals surface area contributed by atoms with E-state index in [1.807, 2.05) is 25.1 Å². The fraction of sp³-hybridized carbons (Fsp3) is 0.417. The molecule has 2 nitrogen and oxygen atoms in total. The number of nitrogens with one attached hydrogen (secondary N) is 1. The summed E-state index contributed by atoms with van der Waals surface area (Å²) < 4.78 is 0. The van der Waals surface area contributed by atoms with Gasteiger partial charge in [-0.05, 0) is 49.7 Å². The topological polar surface area (TPSA) is 15.3 Å². The molecule has 1 N–H and O–H groups in total. The monoisotopic (exact) mass is 254 g/mol. The maximum absolute atomic E-state index is 5.96. The maximum Gasteiger partial charge on any atom is 0.173 e. The number of hydrogen-bond acceptors (Lipinski definition) is 1. The van der Waals surface area contributed by atoms with Gasteiger partial charge in [-0.25, -0.2) is 0 Å². The van der Waals surface area contributed by atoms with Gasteiger partial charge >= 0.3 is 0 Å². The normalized spacial score (nSPS) is 15.2. The quantitative estimate of drug-likeness (QED) is 0.773. The van der Waals surface area contributed by atoms with Crippen LogP contribution in [0.5, 0.6) is 0 Å². The van der Waals surface area contributed by atoms with E-state index >= 15 is 0 Å². The van der Waals surface area contributed by atoms with Crippen molar-refractivity contribution in [2.75, 3.05) is 18.4 Å². The van der Waals surface area contributed by atoms with Crippen LogP contribution in [0.3, 0.4) is 0 Å². The molecule has 1 aliphatic heterocycles. The van der Waals surface area contributed by atoms with Crippen LogP contribution in [0, 0.1) is 6.92 Å². The molecule has 0 atom stereocenters. The third-order valence-electron chi connectivity index (χ3n) is 2.83. The largest absolute Gasteiger partial charge is 0.349 e. The zero-order chi connectivity index (χ0) is 11.5. The van der Waals surface area contributed by atoms with E-state index in [4.69, 9.17) is 23.8 Å². The lowest BCUT2D eigenvalue weighted by atomic mass is 10.2. The van der Waals surface area contributed by atoms with E-state index < -0.39 is 0 Å². The average Bonchev–Trinajstić information content (AvgIpc) is 2.76. The van der Waals surface area contributed by atoms with Crippen LogP contribution in [-0.4, -0.2) is 23.1 Å². The van der Waals surface area contributed by atoms with Gasteiger partial charge in [0.1, 0.15) is 0 Å². The number of likely N-dealkylation sites (tertiary alicyclic amines) is 1. The average molecular weight is 255 g/mol. The number of nitrogens with zero attached hydrogens (tertiary/aromatic N) is 1. The smallest absolute Gasteiger partial charge is 0.173 e. The Kier molecular flexibility index (Phi) is 3.66. The molecule has 0 spiro atoms. The van der Waals surface area contributed by atoms with Gasteiger partial charge in [0, 0.05) is 23.8 Å². The van der Waals surface area contributed by atoms with E-state index in [0.717, 1.165) is 34.5 Å². The molecule has 86 valence electrons. The first kappa shape index (κ1) is 11.7. The van der Waals surface area contributed by atoms with Crippen molar-refractivity contribution in [1.82, 2.24) is 4.90 Å². The second kappa shape index (κ2) is 5.02. The predicted octanol–water partition coefficient (Wildman–Crippen LogP) is 3.44. The van der Waals surface area contributed by atoms with E-state index in [1.165, 1.54) is 12.8 Å². The second-order valence-corrected chi connectivity index (χ2v) is 4.91. The van der Waals surface area contributed by atoms with Crippen molar-refractivity contribution in [3.05, 3.63) is 28.8 Å². The second-order valence-electron chi connectivity index (χ2n) is 4.08. The Hall–Kier alpha value is -0.800. The molecule has 1 aliphatic rings. The summed E-state index contributed by atoms with van der Waals surface area (Å²) in [5.41, 5.74) is 2.16. The van der Waals surface area contributed by atoms with Crippen molar-refractivity contribution in [2.24, 2.45) is 0 Å². The third-order valence-corrected chi connectivity index (χ3v) is 3.43. The van der Waals surface area contributed by atoms with Crippen LogP contribution in [0.1, 0.15) is 18.4 Å². The Labute approximate surface area is 107 Å². The Morgan fingerprint density at radius 1 is 1.38 bits per heavy atom. The van der Waals surface area contributed by atoms with Crippen molar-refractivity contribution in [2.45, 2.75) is 19.8 Å². The molecule has 4 heteroatoms. The van der Waals surface area contributed by atoms with E-state index in [0.29, 0.717) is 0 Å². The van der Waals surface area contributed by atoms with Gasteiger partial charge in [-0.1, -0.05) is 17.7 Å². The summed E-state index contributed by atoms with van der Waals surface area (Å²) in [7, 11) is 0. The number of thiocarbonyl (C=S) groups is 1. The molecular weight excluding hydrogens is 240 g/mol. The summed E-state index contributed by atoms with van der Waals surface area (Å²) in [4.78, 5) is 2.20. The first-order chi connectivity index (χ1) is 7.66. The zero-order valence-corrected chi connectivity index (χ0v) is 10.9. The predicted molar refractivity (Wildman–Crippen MR) is 73.2 cm³/mol. The van der Waals surface area contributed by atoms with Crippen LogP contribution < -0.4 is 5.32 Å². The van der Waals surface area contributed by atoms with Crippen molar-refractivity contribution in [3.63, 3.8) is 0 Å². The lowest BCUT2D eigenvalue weighted by Gasteiger charge is -2.20. The first-order valence-electron chi connectivity index (χ1n) is 5.49. The molecular formula is C12H15ClN2S. The standard InChI is InChI=1S/C12H15ClN2S/c1-9-4-5-10(13)8-11(9)14-12(16)15-6-2-3-7-15/h4-5,8H,2-3,6-7H2,1H3,(H,14,16). The summed E-state index contributed by atoms with van der Waals surface area (Å²) in [5.74, 6) is 0. The zero-order valence-electron chi connectivity index (χ0n) is 9.29. The molecule has 0 saturated carbocycles. The highest BCUT2D eigenvalue weighted by Gasteiger charge is 2.15. The molecule has 2 rings (SSSR count). The van der Waals surface area contributed by atoms with Crippen LogP contribution in [-0.2, 0) is 0 Å². The summed E-state index contributed by atoms with van der Waals surface area (Å²) >= 11 is 11.3. The molecule has 1 fully saturated rings. The van der Waals surface area contributed by atoms with E-state index in [1.54, 1.807) is 0 Å². The summed E-state index contributed by atoms with van der Waals surface area (Å²) in [5, 5.41) is 4.81. The number of benzene rings is 1. The van der Waals surface area contributed by atoms with Crippen LogP contribution in [0.25, 0.3) is 0 Å². The molecule has 1 aromatic carbocycles. The van der Waals surface area contributed by atoms with E-state index in [9.17, 15) is 0 Å². The number of rotatable bonds is 1. The molecule has 0 amide bonds. The van der Waals surface area contributed by atoms with Gasteiger partial charge in [-0.15, -0.1) is 0 Å². The fourth-order valence-electron chi connectivity index (χ4n) is 1.84. The number of halogens is 1. The van der Waals surface area contributed by atoms with Crippen molar-refractivity contribution >= 4 is 34.6 Å². The molecule has 0 aromatic heterocycles. The van der Waals surface area contributed by atoms with Crippen LogP contribution >= 0.6 is 23.8 Å². The highest BCUT2D eigenvalue weighted by molar-refractivity contribution is 7.80. The first-order valence-corrected chi connectivity index (χ1v) is 6.27. The van der Waals surface area contributed by atoms with Gasteiger partial charge in [0.15, 0.2) is 5.11 Å². The Balaban J connectivity index is 2.07. The maximum atomic E-state index is 5.96. The lowest BCUT2D eigenvalue weighted by molar-refractivity contribution is 0.528. The number of hydrogen-bond donors (Lipinski definition) is 1. The van der Waals surface area contributed by atoms with Crippen molar-refractivity contribution in [3.8, 4) is 0 Å². The van der Waals surface area contributed by atoms with Crippen molar-refractivity contribution in [1.29, 1.82) is 0 Å². The Bertz CT molecular complexity index is 400. The third kappa shape index (κ3) is 2.66. The highest BCUT2D eigenvalue weighted by Crippen LogP contribution is 2.21. The number of anilines is 1. The summed E-state index contributed by atoms with van der Waals surface area (Å²) in [6, 6.07) is 5.80. The van der Waals surface area contributed by atoms with Gasteiger partial charge in [0.05, 0.1) is 0 Å². The molecule has 0 unspecified atom stereocenters. The minimum atomic E-state index is 0.734. The van der Waals surface area contributed by atoms with Crippen LogP contribution in [0.2, 0.25) is 5.02 Å². The highest BCUT2D eigenvalue weighted by atomic mass is 35.5. The Morgan fingerprint density at radius 3 is 2.75 bits per heavy atom. The van der Waals surface area contributed by atoms with Crippen LogP contribution in [0.4, 0.5) is 5.69 Å². The van der Waals surface area contributed by atoms with Gasteiger partial charge in [-0.2, -0.15) is 0 Å². The summed E-state index contributed by atoms with van der Waals surface area (Å²) in [6.45, 7) is 4.17. The van der Waals surface area contributed by atoms with Gasteiger partial charge < -0.3 is 10.2 Å². The van der Waals surface area contributed by atoms with E-state index in [2.05, 4.69) is 10.2 Å². The lowest BCUT2D eigenvalue weighted by Crippen LogP contribution is -2.32. The molecule has 0 aliphatic carbocycles.